The average Bonchev–Trinajstić information content (AvgIpc) is 2.86. The molecule has 2 heterocycles. The number of anilines is 1. The fraction of sp³-hybridized carbons (Fsp3) is 0.536. The summed E-state index contributed by atoms with van der Waals surface area (Å²) in [5.41, 5.74) is 0.382. The van der Waals surface area contributed by atoms with Crippen LogP contribution in [0.5, 0.6) is 0 Å². The van der Waals surface area contributed by atoms with E-state index in [2.05, 4.69) is 17.1 Å². The van der Waals surface area contributed by atoms with Crippen LogP contribution in [0.2, 0.25) is 0 Å². The number of Topliss-reactive ketones (excluding diaryl/α,β-unsaturated/α-hetero) is 1. The molecule has 34 heavy (non-hydrogen) atoms. The van der Waals surface area contributed by atoms with E-state index in [0.29, 0.717) is 24.2 Å². The van der Waals surface area contributed by atoms with Crippen molar-refractivity contribution in [2.24, 2.45) is 5.92 Å². The molecule has 5 nitrogen and oxygen atoms in total. The number of morpholine rings is 1. The molecular formula is C28H37FN2O3. The lowest BCUT2D eigenvalue weighted by Crippen LogP contribution is -2.76. The van der Waals surface area contributed by atoms with Crippen LogP contribution in [-0.4, -0.2) is 56.4 Å². The Kier molecular flexibility index (Phi) is 7.41. The van der Waals surface area contributed by atoms with Crippen LogP contribution in [0.1, 0.15) is 49.0 Å². The molecule has 0 radical (unpaired) electrons. The van der Waals surface area contributed by atoms with Gasteiger partial charge in [-0.1, -0.05) is 36.4 Å². The SMILES string of the molecule is COCC[C@@H]1OC[C@](C)(C(=O)c2ccccc2)N(c2cccc(F)c2C)[C@@]1(C)C1CCCNC1. The quantitative estimate of drug-likeness (QED) is 0.593. The molecule has 2 saturated heterocycles. The number of nitrogens with one attached hydrogen (secondary N) is 1. The summed E-state index contributed by atoms with van der Waals surface area (Å²) >= 11 is 0. The lowest BCUT2D eigenvalue weighted by atomic mass is 9.69. The minimum atomic E-state index is -1.00. The van der Waals surface area contributed by atoms with Gasteiger partial charge in [0.1, 0.15) is 11.4 Å². The first kappa shape index (κ1) is 24.8. The predicted octanol–water partition coefficient (Wildman–Crippen LogP) is 4.78. The molecule has 2 aromatic carbocycles. The highest BCUT2D eigenvalue weighted by atomic mass is 19.1. The van der Waals surface area contributed by atoms with Gasteiger partial charge in [-0.3, -0.25) is 4.79 Å². The zero-order valence-corrected chi connectivity index (χ0v) is 20.8. The van der Waals surface area contributed by atoms with Gasteiger partial charge in [-0.15, -0.1) is 0 Å². The van der Waals surface area contributed by atoms with Crippen molar-refractivity contribution < 1.29 is 18.7 Å². The molecule has 0 aliphatic carbocycles. The summed E-state index contributed by atoms with van der Waals surface area (Å²) in [5.74, 6) is -0.0676. The van der Waals surface area contributed by atoms with Crippen molar-refractivity contribution in [3.05, 3.63) is 65.5 Å². The number of ether oxygens (including phenoxy) is 2. The maximum atomic E-state index is 14.9. The molecule has 184 valence electrons. The van der Waals surface area contributed by atoms with E-state index in [0.717, 1.165) is 31.6 Å². The van der Waals surface area contributed by atoms with Crippen molar-refractivity contribution in [3.63, 3.8) is 0 Å². The molecule has 0 saturated carbocycles. The van der Waals surface area contributed by atoms with Gasteiger partial charge < -0.3 is 19.7 Å². The second-order valence-corrected chi connectivity index (χ2v) is 10.0. The molecule has 0 spiro atoms. The molecule has 4 rings (SSSR count). The van der Waals surface area contributed by atoms with E-state index in [-0.39, 0.29) is 30.2 Å². The van der Waals surface area contributed by atoms with Gasteiger partial charge in [-0.05, 0) is 64.6 Å². The van der Waals surface area contributed by atoms with Crippen LogP contribution in [-0.2, 0) is 9.47 Å². The van der Waals surface area contributed by atoms with Crippen LogP contribution in [0, 0.1) is 18.7 Å². The Balaban J connectivity index is 1.92. The number of rotatable bonds is 7. The second-order valence-electron chi connectivity index (χ2n) is 10.0. The first-order chi connectivity index (χ1) is 16.3. The summed E-state index contributed by atoms with van der Waals surface area (Å²) in [6.07, 6.45) is 2.59. The number of nitrogens with zero attached hydrogens (tertiary/aromatic N) is 1. The highest BCUT2D eigenvalue weighted by molar-refractivity contribution is 6.05. The van der Waals surface area contributed by atoms with Crippen molar-refractivity contribution >= 4 is 11.5 Å². The van der Waals surface area contributed by atoms with Crippen molar-refractivity contribution in [1.29, 1.82) is 0 Å². The Hall–Kier alpha value is -2.28. The number of piperidine rings is 1. The second kappa shape index (κ2) is 10.1. The zero-order chi connectivity index (χ0) is 24.3. The van der Waals surface area contributed by atoms with E-state index in [1.54, 1.807) is 20.1 Å². The van der Waals surface area contributed by atoms with Crippen LogP contribution in [0.3, 0.4) is 0 Å². The Morgan fingerprint density at radius 3 is 2.65 bits per heavy atom. The van der Waals surface area contributed by atoms with Crippen LogP contribution in [0.15, 0.2) is 48.5 Å². The Labute approximate surface area is 202 Å². The maximum absolute atomic E-state index is 14.9. The number of carbonyl (C=O) groups is 1. The summed E-state index contributed by atoms with van der Waals surface area (Å²) in [5, 5.41) is 3.55. The summed E-state index contributed by atoms with van der Waals surface area (Å²) in [6.45, 7) is 8.54. The fourth-order valence-electron chi connectivity index (χ4n) is 6.00. The van der Waals surface area contributed by atoms with Gasteiger partial charge in [0.15, 0.2) is 5.78 Å². The minimum absolute atomic E-state index is 0.0167. The molecule has 1 unspecified atom stereocenters. The number of carbonyl (C=O) groups excluding carboxylic acids is 1. The van der Waals surface area contributed by atoms with E-state index in [9.17, 15) is 9.18 Å². The number of methoxy groups -OCH3 is 1. The third-order valence-corrected chi connectivity index (χ3v) is 7.91. The van der Waals surface area contributed by atoms with E-state index in [1.807, 2.05) is 43.3 Å². The predicted molar refractivity (Wildman–Crippen MR) is 133 cm³/mol. The molecule has 2 fully saturated rings. The fourth-order valence-corrected chi connectivity index (χ4v) is 6.00. The number of hydrogen-bond acceptors (Lipinski definition) is 5. The molecular weight excluding hydrogens is 431 g/mol. The van der Waals surface area contributed by atoms with Crippen molar-refractivity contribution in [3.8, 4) is 0 Å². The van der Waals surface area contributed by atoms with Gasteiger partial charge in [0.25, 0.3) is 0 Å². The molecule has 6 heteroatoms. The van der Waals surface area contributed by atoms with Gasteiger partial charge >= 0.3 is 0 Å². The first-order valence-corrected chi connectivity index (χ1v) is 12.3. The first-order valence-electron chi connectivity index (χ1n) is 12.3. The Morgan fingerprint density at radius 2 is 1.97 bits per heavy atom. The molecule has 2 aromatic rings. The third-order valence-electron chi connectivity index (χ3n) is 7.91. The standard InChI is InChI=1S/C28H37FN2O3/c1-20-23(29)13-8-14-24(20)31-27(2,26(32)21-10-6-5-7-11-21)19-34-25(15-17-33-4)28(31,3)22-12-9-16-30-18-22/h5-8,10-11,13-14,22,25,30H,9,12,15-19H2,1-4H3/t22?,25-,27+,28-/m0/s1. The van der Waals surface area contributed by atoms with Gasteiger partial charge in [0, 0.05) is 37.1 Å². The molecule has 4 atom stereocenters. The lowest BCUT2D eigenvalue weighted by Gasteiger charge is -2.62. The number of ketones is 1. The number of hydrogen-bond donors (Lipinski definition) is 1. The van der Waals surface area contributed by atoms with Gasteiger partial charge in [0.05, 0.1) is 18.2 Å². The summed E-state index contributed by atoms with van der Waals surface area (Å²) in [7, 11) is 1.69. The van der Waals surface area contributed by atoms with E-state index in [1.165, 1.54) is 6.07 Å². The summed E-state index contributed by atoms with van der Waals surface area (Å²) in [4.78, 5) is 16.4. The summed E-state index contributed by atoms with van der Waals surface area (Å²) < 4.78 is 26.9. The van der Waals surface area contributed by atoms with Crippen molar-refractivity contribution in [2.75, 3.05) is 38.3 Å². The Morgan fingerprint density at radius 1 is 1.21 bits per heavy atom. The largest absolute Gasteiger partial charge is 0.385 e. The third kappa shape index (κ3) is 4.28. The normalized spacial score (nSPS) is 29.7. The van der Waals surface area contributed by atoms with Gasteiger partial charge in [0.2, 0.25) is 0 Å². The van der Waals surface area contributed by atoms with Crippen molar-refractivity contribution in [2.45, 2.75) is 57.2 Å². The van der Waals surface area contributed by atoms with Crippen LogP contribution >= 0.6 is 0 Å². The molecule has 1 N–H and O–H groups in total. The average molecular weight is 469 g/mol. The van der Waals surface area contributed by atoms with Gasteiger partial charge in [-0.2, -0.15) is 0 Å². The van der Waals surface area contributed by atoms with E-state index >= 15 is 0 Å². The smallest absolute Gasteiger partial charge is 0.190 e. The Bertz CT molecular complexity index is 994. The lowest BCUT2D eigenvalue weighted by molar-refractivity contribution is -0.0922. The topological polar surface area (TPSA) is 50.8 Å². The summed E-state index contributed by atoms with van der Waals surface area (Å²) in [6, 6.07) is 14.5. The van der Waals surface area contributed by atoms with E-state index in [4.69, 9.17) is 9.47 Å². The minimum Gasteiger partial charge on any atom is -0.385 e. The number of halogens is 1. The van der Waals surface area contributed by atoms with Crippen LogP contribution in [0.25, 0.3) is 0 Å². The van der Waals surface area contributed by atoms with E-state index < -0.39 is 11.1 Å². The molecule has 0 aromatic heterocycles. The van der Waals surface area contributed by atoms with Crippen molar-refractivity contribution in [1.82, 2.24) is 5.32 Å². The van der Waals surface area contributed by atoms with Crippen LogP contribution < -0.4 is 10.2 Å². The zero-order valence-electron chi connectivity index (χ0n) is 20.8. The molecule has 0 amide bonds. The highest BCUT2D eigenvalue weighted by Gasteiger charge is 2.59. The maximum Gasteiger partial charge on any atom is 0.190 e. The van der Waals surface area contributed by atoms with Gasteiger partial charge in [-0.25, -0.2) is 4.39 Å². The molecule has 2 aliphatic heterocycles. The molecule has 2 aliphatic rings. The highest BCUT2D eigenvalue weighted by Crippen LogP contribution is 2.48. The number of benzene rings is 2. The molecule has 0 bridgehead atoms. The van der Waals surface area contributed by atoms with Crippen LogP contribution in [0.4, 0.5) is 10.1 Å². The monoisotopic (exact) mass is 468 g/mol.